The number of aromatic nitrogens is 4. The number of phosphoric ester groups is 1. The first-order valence-corrected chi connectivity index (χ1v) is 13.4. The van der Waals surface area contributed by atoms with E-state index in [4.69, 9.17) is 14.5 Å². The summed E-state index contributed by atoms with van der Waals surface area (Å²) in [5.41, 5.74) is 1.98. The topological polar surface area (TPSA) is 213 Å². The number of imidazole rings is 1. The predicted octanol–water partition coefficient (Wildman–Crippen LogP) is 1.66. The second kappa shape index (κ2) is 9.05. The van der Waals surface area contributed by atoms with Gasteiger partial charge >= 0.3 is 23.5 Å². The highest BCUT2D eigenvalue weighted by Crippen LogP contribution is 2.66. The lowest BCUT2D eigenvalue weighted by Gasteiger charge is -2.19. The molecule has 15 nitrogen and oxygen atoms in total. The fourth-order valence-electron chi connectivity index (χ4n) is 3.08. The Morgan fingerprint density at radius 3 is 2.48 bits per heavy atom. The normalized spacial score (nSPS) is 26.1. The Kier molecular flexibility index (Phi) is 7.17. The number of hydrogen-bond acceptors (Lipinski definition) is 10. The quantitative estimate of drug-likeness (QED) is 0.359. The molecule has 174 valence electrons. The summed E-state index contributed by atoms with van der Waals surface area (Å²) in [5, 5.41) is 0. The molecule has 1 aliphatic heterocycles. The Hall–Kier alpha value is -1.08. The van der Waals surface area contributed by atoms with Crippen LogP contribution in [0.25, 0.3) is 11.2 Å². The lowest BCUT2D eigenvalue weighted by atomic mass is 10.0. The average Bonchev–Trinajstić information content (AvgIpc) is 3.19. The molecule has 2 aromatic rings. The van der Waals surface area contributed by atoms with Gasteiger partial charge in [0.15, 0.2) is 5.65 Å². The Morgan fingerprint density at radius 1 is 1.13 bits per heavy atom. The maximum Gasteiger partial charge on any atom is 0.490 e. The molecule has 0 aliphatic carbocycles. The van der Waals surface area contributed by atoms with Gasteiger partial charge < -0.3 is 24.3 Å². The molecule has 4 N–H and O–H groups in total. The van der Waals surface area contributed by atoms with Crippen molar-refractivity contribution < 1.29 is 51.2 Å². The van der Waals surface area contributed by atoms with E-state index in [1.54, 1.807) is 17.8 Å². The van der Waals surface area contributed by atoms with E-state index in [9.17, 15) is 23.5 Å². The minimum atomic E-state index is -5.57. The van der Waals surface area contributed by atoms with E-state index in [1.165, 1.54) is 6.33 Å². The zero-order valence-corrected chi connectivity index (χ0v) is 19.0. The van der Waals surface area contributed by atoms with Crippen molar-refractivity contribution in [2.24, 2.45) is 5.92 Å². The molecular formula is C13H21N4O11P3. The minimum absolute atomic E-state index is 0.165. The first kappa shape index (κ1) is 24.6. The Morgan fingerprint density at radius 2 is 1.84 bits per heavy atom. The third-order valence-corrected chi connectivity index (χ3v) is 8.24. The molecule has 3 rings (SSSR count). The SMILES string of the molecule is CCc1ncnc2c1ncn2C1CC(C)C(COP(=O)(O)OP(=O)(O)OP(=O)(O)O)O1. The van der Waals surface area contributed by atoms with Crippen molar-refractivity contribution >= 4 is 34.6 Å². The van der Waals surface area contributed by atoms with Gasteiger partial charge in [0.1, 0.15) is 18.1 Å². The summed E-state index contributed by atoms with van der Waals surface area (Å²) in [6.45, 7) is 3.23. The second-order valence-electron chi connectivity index (χ2n) is 6.73. The molecule has 5 atom stereocenters. The van der Waals surface area contributed by atoms with Gasteiger partial charge in [0.05, 0.1) is 24.7 Å². The maximum absolute atomic E-state index is 11.9. The van der Waals surface area contributed by atoms with Crippen LogP contribution >= 0.6 is 23.5 Å². The van der Waals surface area contributed by atoms with E-state index >= 15 is 0 Å². The van der Waals surface area contributed by atoms with Gasteiger partial charge in [0.2, 0.25) is 0 Å². The lowest BCUT2D eigenvalue weighted by Crippen LogP contribution is -2.20. The third kappa shape index (κ3) is 6.25. The van der Waals surface area contributed by atoms with Gasteiger partial charge in [-0.3, -0.25) is 9.09 Å². The fourth-order valence-corrected chi connectivity index (χ4v) is 6.11. The molecule has 0 saturated carbocycles. The van der Waals surface area contributed by atoms with Gasteiger partial charge in [-0.2, -0.15) is 8.62 Å². The van der Waals surface area contributed by atoms with E-state index < -0.39 is 42.4 Å². The number of rotatable bonds is 9. The predicted molar refractivity (Wildman–Crippen MR) is 102 cm³/mol. The number of aryl methyl sites for hydroxylation is 1. The molecule has 0 spiro atoms. The molecule has 1 aliphatic rings. The number of nitrogens with zero attached hydrogens (tertiary/aromatic N) is 4. The van der Waals surface area contributed by atoms with Crippen LogP contribution in [0.4, 0.5) is 0 Å². The molecule has 0 aromatic carbocycles. The minimum Gasteiger partial charge on any atom is -0.352 e. The van der Waals surface area contributed by atoms with Crippen LogP contribution < -0.4 is 0 Å². The summed E-state index contributed by atoms with van der Waals surface area (Å²) >= 11 is 0. The van der Waals surface area contributed by atoms with E-state index in [0.717, 1.165) is 5.69 Å². The summed E-state index contributed by atoms with van der Waals surface area (Å²) in [5.74, 6) is -0.165. The van der Waals surface area contributed by atoms with Gasteiger partial charge in [-0.1, -0.05) is 13.8 Å². The smallest absolute Gasteiger partial charge is 0.352 e. The lowest BCUT2D eigenvalue weighted by molar-refractivity contribution is -0.0273. The molecule has 0 amide bonds. The molecule has 1 saturated heterocycles. The first-order chi connectivity index (χ1) is 14.3. The van der Waals surface area contributed by atoms with Crippen molar-refractivity contribution in [3.63, 3.8) is 0 Å². The van der Waals surface area contributed by atoms with Crippen molar-refractivity contribution in [1.82, 2.24) is 19.5 Å². The average molecular weight is 502 g/mol. The molecule has 2 aromatic heterocycles. The highest BCUT2D eigenvalue weighted by Gasteiger charge is 2.42. The Bertz CT molecular complexity index is 1090. The Labute approximate surface area is 175 Å². The monoisotopic (exact) mass is 502 g/mol. The molecule has 5 unspecified atom stereocenters. The summed E-state index contributed by atoms with van der Waals surface area (Å²) in [6, 6.07) is 0. The molecule has 18 heteroatoms. The van der Waals surface area contributed by atoms with Crippen LogP contribution in [0.2, 0.25) is 0 Å². The van der Waals surface area contributed by atoms with E-state index in [0.29, 0.717) is 24.0 Å². The zero-order chi connectivity index (χ0) is 23.0. The standard InChI is InChI=1S/C13H21N4O11P3/c1-3-9-12-13(15-6-14-9)17(7-16-12)11-4-8(2)10(26-11)5-25-30(21,22)28-31(23,24)27-29(18,19)20/h6-8,10-11H,3-5H2,1-2H3,(H,21,22)(H,23,24)(H2,18,19,20). The van der Waals surface area contributed by atoms with Crippen LogP contribution in [-0.2, 0) is 38.0 Å². The highest BCUT2D eigenvalue weighted by atomic mass is 31.3. The van der Waals surface area contributed by atoms with Gasteiger partial charge in [-0.15, -0.1) is 0 Å². The van der Waals surface area contributed by atoms with Crippen molar-refractivity contribution in [2.45, 2.75) is 39.0 Å². The summed E-state index contributed by atoms with van der Waals surface area (Å²) in [4.78, 5) is 48.6. The van der Waals surface area contributed by atoms with E-state index in [-0.39, 0.29) is 5.92 Å². The van der Waals surface area contributed by atoms with Gasteiger partial charge in [-0.25, -0.2) is 28.6 Å². The largest absolute Gasteiger partial charge is 0.490 e. The molecule has 31 heavy (non-hydrogen) atoms. The fraction of sp³-hybridized carbons (Fsp3) is 0.615. The Balaban J connectivity index is 1.65. The van der Waals surface area contributed by atoms with Crippen molar-refractivity contribution in [1.29, 1.82) is 0 Å². The van der Waals surface area contributed by atoms with Gasteiger partial charge in [0, 0.05) is 0 Å². The zero-order valence-electron chi connectivity index (χ0n) is 16.3. The summed E-state index contributed by atoms with van der Waals surface area (Å²) < 4.78 is 53.6. The van der Waals surface area contributed by atoms with Gasteiger partial charge in [-0.05, 0) is 18.8 Å². The number of ether oxygens (including phenoxy) is 1. The summed E-state index contributed by atoms with van der Waals surface area (Å²) in [7, 11) is -16.2. The second-order valence-corrected chi connectivity index (χ2v) is 11.1. The van der Waals surface area contributed by atoms with Crippen LogP contribution in [0.1, 0.15) is 32.2 Å². The number of hydrogen-bond donors (Lipinski definition) is 4. The van der Waals surface area contributed by atoms with Crippen molar-refractivity contribution in [2.75, 3.05) is 6.61 Å². The number of phosphoric acid groups is 3. The summed E-state index contributed by atoms with van der Waals surface area (Å²) in [6.07, 6.45) is 2.92. The van der Waals surface area contributed by atoms with Crippen molar-refractivity contribution in [3.05, 3.63) is 18.3 Å². The maximum atomic E-state index is 11.9. The molecule has 0 bridgehead atoms. The molecular weight excluding hydrogens is 481 g/mol. The highest BCUT2D eigenvalue weighted by molar-refractivity contribution is 7.66. The molecule has 1 fully saturated rings. The molecule has 0 radical (unpaired) electrons. The van der Waals surface area contributed by atoms with Crippen LogP contribution in [-0.4, -0.2) is 51.8 Å². The van der Waals surface area contributed by atoms with Crippen LogP contribution in [0.5, 0.6) is 0 Å². The van der Waals surface area contributed by atoms with Crippen LogP contribution in [0, 0.1) is 5.92 Å². The van der Waals surface area contributed by atoms with Crippen LogP contribution in [0.15, 0.2) is 12.7 Å². The third-order valence-electron chi connectivity index (χ3n) is 4.44. The van der Waals surface area contributed by atoms with Crippen molar-refractivity contribution in [3.8, 4) is 0 Å². The molecule has 3 heterocycles. The van der Waals surface area contributed by atoms with Gasteiger partial charge in [0.25, 0.3) is 0 Å². The van der Waals surface area contributed by atoms with Crippen LogP contribution in [0.3, 0.4) is 0 Å². The van der Waals surface area contributed by atoms with E-state index in [1.807, 2.05) is 6.92 Å². The first-order valence-electron chi connectivity index (χ1n) is 8.90. The number of fused-ring (bicyclic) bond motifs is 1. The van der Waals surface area contributed by atoms with E-state index in [2.05, 4.69) is 28.1 Å².